The van der Waals surface area contributed by atoms with E-state index in [4.69, 9.17) is 19.3 Å². The van der Waals surface area contributed by atoms with Crippen LogP contribution in [0.5, 0.6) is 0 Å². The van der Waals surface area contributed by atoms with E-state index in [1.807, 2.05) is 6.08 Å². The van der Waals surface area contributed by atoms with Crippen molar-refractivity contribution in [3.8, 4) is 0 Å². The minimum Gasteiger partial charge on any atom is -0.458 e. The average molecular weight is 437 g/mol. The van der Waals surface area contributed by atoms with Gasteiger partial charge in [0.1, 0.15) is 23.4 Å². The lowest BCUT2D eigenvalue weighted by Gasteiger charge is -2.64. The highest BCUT2D eigenvalue weighted by atomic mass is 16.7. The third kappa shape index (κ3) is 2.68. The molecule has 3 fully saturated rings. The summed E-state index contributed by atoms with van der Waals surface area (Å²) in [7, 11) is 1.00. The number of aliphatic hydroxyl groups excluding tert-OH is 1. The second-order valence-corrected chi connectivity index (χ2v) is 10.2. The SMILES string of the molecule is C.C=CCC1(O)C(C(C)C)C[C@@H]2O[C@@]23[C@@]2(C)CCC4=C(COC4=O)C2CO[C@]13C.CO. The quantitative estimate of drug-likeness (QED) is 0.400. The van der Waals surface area contributed by atoms with Crippen molar-refractivity contribution in [1.82, 2.24) is 0 Å². The Balaban J connectivity index is 0.000000883. The van der Waals surface area contributed by atoms with Crippen molar-refractivity contribution in [3.63, 3.8) is 0 Å². The van der Waals surface area contributed by atoms with Gasteiger partial charge in [-0.25, -0.2) is 4.79 Å². The molecule has 0 aromatic heterocycles. The lowest BCUT2D eigenvalue weighted by Crippen LogP contribution is -2.77. The van der Waals surface area contributed by atoms with Gasteiger partial charge in [0.15, 0.2) is 0 Å². The lowest BCUT2D eigenvalue weighted by molar-refractivity contribution is -0.296. The van der Waals surface area contributed by atoms with Crippen molar-refractivity contribution >= 4 is 5.97 Å². The van der Waals surface area contributed by atoms with E-state index in [9.17, 15) is 9.90 Å². The second kappa shape index (κ2) is 7.68. The van der Waals surface area contributed by atoms with E-state index in [2.05, 4.69) is 34.3 Å². The summed E-state index contributed by atoms with van der Waals surface area (Å²) in [6, 6.07) is 0. The molecular formula is C25H40O6. The van der Waals surface area contributed by atoms with Gasteiger partial charge in [-0.3, -0.25) is 0 Å². The van der Waals surface area contributed by atoms with Gasteiger partial charge < -0.3 is 24.4 Å². The molecule has 0 amide bonds. The Kier molecular flexibility index (Phi) is 6.06. The van der Waals surface area contributed by atoms with Gasteiger partial charge in [0.2, 0.25) is 0 Å². The lowest BCUT2D eigenvalue weighted by atomic mass is 9.45. The second-order valence-electron chi connectivity index (χ2n) is 10.2. The van der Waals surface area contributed by atoms with Crippen molar-refractivity contribution in [1.29, 1.82) is 0 Å². The predicted molar refractivity (Wildman–Crippen MR) is 118 cm³/mol. The van der Waals surface area contributed by atoms with Gasteiger partial charge in [0.05, 0.1) is 12.7 Å². The van der Waals surface area contributed by atoms with Crippen molar-refractivity contribution < 1.29 is 29.2 Å². The van der Waals surface area contributed by atoms with Crippen LogP contribution in [0.1, 0.15) is 60.8 Å². The first-order chi connectivity index (χ1) is 14.2. The standard InChI is InChI=1S/C23H32O5.CH4O.CH4/c1-6-8-22(25)16(13(2)3)10-18-23(28-18)20(4)9-7-14-15(11-26-19(14)24)17(20)12-27-21(22,23)5;1-2;/h6,13,16-18,25H,1,7-12H2,2-5H3;2H,1H3;1H4/t16?,17?,18-,20-,21+,22?,23+;;/m0../s1. The maximum atomic E-state index is 12.1. The Morgan fingerprint density at radius 2 is 1.97 bits per heavy atom. The monoisotopic (exact) mass is 436 g/mol. The van der Waals surface area contributed by atoms with Crippen molar-refractivity contribution in [2.24, 2.45) is 23.2 Å². The van der Waals surface area contributed by atoms with E-state index >= 15 is 0 Å². The van der Waals surface area contributed by atoms with Crippen molar-refractivity contribution in [2.45, 2.75) is 83.7 Å². The molecule has 3 unspecified atom stereocenters. The summed E-state index contributed by atoms with van der Waals surface area (Å²) in [4.78, 5) is 12.1. The van der Waals surface area contributed by atoms with Gasteiger partial charge in [-0.2, -0.15) is 0 Å². The van der Waals surface area contributed by atoms with Crippen LogP contribution < -0.4 is 0 Å². The van der Waals surface area contributed by atoms with E-state index in [0.29, 0.717) is 25.6 Å². The molecule has 5 aliphatic rings. The molecule has 6 nitrogen and oxygen atoms in total. The smallest absolute Gasteiger partial charge is 0.334 e. The fourth-order valence-corrected chi connectivity index (χ4v) is 7.54. The Morgan fingerprint density at radius 1 is 1.29 bits per heavy atom. The van der Waals surface area contributed by atoms with E-state index in [0.717, 1.165) is 37.5 Å². The zero-order chi connectivity index (χ0) is 22.1. The molecule has 0 bridgehead atoms. The van der Waals surface area contributed by atoms with E-state index < -0.39 is 16.8 Å². The molecule has 0 aromatic rings. The van der Waals surface area contributed by atoms with Crippen LogP contribution in [0.3, 0.4) is 0 Å². The first-order valence-corrected chi connectivity index (χ1v) is 11.1. The summed E-state index contributed by atoms with van der Waals surface area (Å²) in [5, 5.41) is 19.1. The summed E-state index contributed by atoms with van der Waals surface area (Å²) < 4.78 is 18.5. The van der Waals surface area contributed by atoms with Crippen LogP contribution in [-0.4, -0.2) is 59.4 Å². The molecule has 0 radical (unpaired) electrons. The zero-order valence-corrected chi connectivity index (χ0v) is 18.9. The summed E-state index contributed by atoms with van der Waals surface area (Å²) in [6.45, 7) is 13.5. The maximum absolute atomic E-state index is 12.1. The molecule has 2 N–H and O–H groups in total. The summed E-state index contributed by atoms with van der Waals surface area (Å²) >= 11 is 0. The number of aliphatic hydroxyl groups is 2. The minimum atomic E-state index is -1.03. The topological polar surface area (TPSA) is 88.5 Å². The molecule has 1 spiro atoms. The molecule has 176 valence electrons. The number of esters is 1. The highest BCUT2D eigenvalue weighted by Crippen LogP contribution is 2.74. The Morgan fingerprint density at radius 3 is 2.58 bits per heavy atom. The molecule has 6 heteroatoms. The maximum Gasteiger partial charge on any atom is 0.334 e. The zero-order valence-electron chi connectivity index (χ0n) is 18.9. The number of epoxide rings is 1. The Labute approximate surface area is 186 Å². The highest BCUT2D eigenvalue weighted by molar-refractivity contribution is 5.92. The largest absolute Gasteiger partial charge is 0.458 e. The van der Waals surface area contributed by atoms with Gasteiger partial charge in [-0.15, -0.1) is 6.58 Å². The Bertz CT molecular complexity index is 789. The number of fused-ring (bicyclic) bond motifs is 2. The summed E-state index contributed by atoms with van der Waals surface area (Å²) in [6.07, 6.45) is 4.81. The van der Waals surface area contributed by atoms with Crippen LogP contribution in [0, 0.1) is 23.2 Å². The normalized spacial score (nSPS) is 47.0. The Hall–Kier alpha value is -1.21. The number of cyclic esters (lactones) is 1. The van der Waals surface area contributed by atoms with Crippen LogP contribution >= 0.6 is 0 Å². The summed E-state index contributed by atoms with van der Waals surface area (Å²) in [5.41, 5.74) is -0.604. The van der Waals surface area contributed by atoms with Gasteiger partial charge >= 0.3 is 5.97 Å². The average Bonchev–Trinajstić information content (AvgIpc) is 3.35. The first kappa shape index (κ1) is 24.4. The first-order valence-electron chi connectivity index (χ1n) is 11.1. The van der Waals surface area contributed by atoms with Gasteiger partial charge in [-0.1, -0.05) is 34.3 Å². The molecule has 0 aromatic carbocycles. The predicted octanol–water partition coefficient (Wildman–Crippen LogP) is 3.41. The molecule has 2 aliphatic carbocycles. The van der Waals surface area contributed by atoms with E-state index in [1.165, 1.54) is 0 Å². The number of hydrogen-bond acceptors (Lipinski definition) is 6. The van der Waals surface area contributed by atoms with Crippen LogP contribution in [0.15, 0.2) is 23.8 Å². The molecule has 3 aliphatic heterocycles. The number of carbonyl (C=O) groups is 1. The van der Waals surface area contributed by atoms with Gasteiger partial charge in [0.25, 0.3) is 0 Å². The van der Waals surface area contributed by atoms with E-state index in [-0.39, 0.29) is 36.8 Å². The molecule has 5 rings (SSSR count). The van der Waals surface area contributed by atoms with E-state index in [1.54, 1.807) is 0 Å². The van der Waals surface area contributed by atoms with Crippen molar-refractivity contribution in [2.75, 3.05) is 20.3 Å². The van der Waals surface area contributed by atoms with Crippen LogP contribution in [0.2, 0.25) is 0 Å². The van der Waals surface area contributed by atoms with Gasteiger partial charge in [-0.05, 0) is 50.0 Å². The third-order valence-electron chi connectivity index (χ3n) is 9.06. The van der Waals surface area contributed by atoms with Crippen molar-refractivity contribution in [3.05, 3.63) is 23.8 Å². The molecule has 7 atom stereocenters. The molecule has 3 heterocycles. The third-order valence-corrected chi connectivity index (χ3v) is 9.06. The highest BCUT2D eigenvalue weighted by Gasteiger charge is 2.86. The molecule has 1 saturated carbocycles. The molecule has 31 heavy (non-hydrogen) atoms. The fourth-order valence-electron chi connectivity index (χ4n) is 7.54. The minimum absolute atomic E-state index is 0. The number of ether oxygens (including phenoxy) is 3. The van der Waals surface area contributed by atoms with Crippen LogP contribution in [0.4, 0.5) is 0 Å². The fraction of sp³-hybridized carbons (Fsp3) is 0.800. The van der Waals surface area contributed by atoms with Gasteiger partial charge in [0, 0.05) is 24.0 Å². The van der Waals surface area contributed by atoms with Crippen LogP contribution in [-0.2, 0) is 19.0 Å². The molecular weight excluding hydrogens is 396 g/mol. The van der Waals surface area contributed by atoms with Crippen LogP contribution in [0.25, 0.3) is 0 Å². The number of carbonyl (C=O) groups excluding carboxylic acids is 1. The number of hydrogen-bond donors (Lipinski definition) is 2. The molecule has 2 saturated heterocycles. The summed E-state index contributed by atoms with van der Waals surface area (Å²) in [5.74, 6) is 0.345. The number of rotatable bonds is 3.